The molecule has 1 heterocycles. The zero-order valence-electron chi connectivity index (χ0n) is 9.56. The molecule has 1 aliphatic rings. The van der Waals surface area contributed by atoms with Gasteiger partial charge in [-0.1, -0.05) is 0 Å². The molecule has 0 saturated carbocycles. The van der Waals surface area contributed by atoms with E-state index < -0.39 is 11.8 Å². The predicted molar refractivity (Wildman–Crippen MR) is 64.5 cm³/mol. The van der Waals surface area contributed by atoms with E-state index in [1.54, 1.807) is 12.1 Å². The lowest BCUT2D eigenvalue weighted by atomic mass is 10.1. The molecule has 1 aromatic carbocycles. The fourth-order valence-electron chi connectivity index (χ4n) is 2.10. The van der Waals surface area contributed by atoms with Crippen LogP contribution in [0.2, 0.25) is 0 Å². The Kier molecular flexibility index (Phi) is 3.42. The van der Waals surface area contributed by atoms with Crippen LogP contribution < -0.4 is 4.90 Å². The molecule has 1 N–H and O–H groups in total. The molecule has 90 valence electrons. The van der Waals surface area contributed by atoms with Crippen molar-refractivity contribution in [2.24, 2.45) is 0 Å². The lowest BCUT2D eigenvalue weighted by Gasteiger charge is -2.28. The number of Topliss-reactive ketones (excluding diaryl/α,β-unsaturated/α-hetero) is 1. The van der Waals surface area contributed by atoms with Gasteiger partial charge in [-0.25, -0.2) is 4.79 Å². The van der Waals surface area contributed by atoms with Crippen molar-refractivity contribution in [2.45, 2.75) is 19.3 Å². The molecule has 0 bridgehead atoms. The molecule has 4 nitrogen and oxygen atoms in total. The Morgan fingerprint density at radius 2 is 1.59 bits per heavy atom. The molecule has 2 rings (SSSR count). The lowest BCUT2D eigenvalue weighted by molar-refractivity contribution is -0.131. The molecule has 0 atom stereocenters. The van der Waals surface area contributed by atoms with Gasteiger partial charge in [-0.3, -0.25) is 4.79 Å². The smallest absolute Gasteiger partial charge is 0.377 e. The summed E-state index contributed by atoms with van der Waals surface area (Å²) in [6.07, 6.45) is 3.65. The van der Waals surface area contributed by atoms with Gasteiger partial charge >= 0.3 is 5.97 Å². The van der Waals surface area contributed by atoms with Gasteiger partial charge < -0.3 is 10.0 Å². The first kappa shape index (κ1) is 11.6. The van der Waals surface area contributed by atoms with Crippen LogP contribution in [0.25, 0.3) is 0 Å². The summed E-state index contributed by atoms with van der Waals surface area (Å²) in [5.74, 6) is -2.26. The summed E-state index contributed by atoms with van der Waals surface area (Å²) in [7, 11) is 0. The van der Waals surface area contributed by atoms with Crippen LogP contribution in [0.5, 0.6) is 0 Å². The van der Waals surface area contributed by atoms with E-state index in [0.29, 0.717) is 0 Å². The number of ketones is 1. The highest BCUT2D eigenvalue weighted by Gasteiger charge is 2.15. The number of anilines is 1. The first-order valence-corrected chi connectivity index (χ1v) is 5.81. The summed E-state index contributed by atoms with van der Waals surface area (Å²) in [5.41, 5.74) is 1.30. The fraction of sp³-hybridized carbons (Fsp3) is 0.385. The molecule has 0 unspecified atom stereocenters. The van der Waals surface area contributed by atoms with Crippen LogP contribution in [0.15, 0.2) is 24.3 Å². The van der Waals surface area contributed by atoms with Gasteiger partial charge in [0.2, 0.25) is 0 Å². The molecule has 1 fully saturated rings. The van der Waals surface area contributed by atoms with Crippen molar-refractivity contribution in [3.05, 3.63) is 29.8 Å². The van der Waals surface area contributed by atoms with E-state index in [1.807, 2.05) is 12.1 Å². The van der Waals surface area contributed by atoms with Crippen LogP contribution in [0.4, 0.5) is 5.69 Å². The van der Waals surface area contributed by atoms with E-state index in [-0.39, 0.29) is 5.56 Å². The van der Waals surface area contributed by atoms with Crippen LogP contribution >= 0.6 is 0 Å². The number of piperidine rings is 1. The number of aliphatic carboxylic acids is 1. The quantitative estimate of drug-likeness (QED) is 0.640. The SMILES string of the molecule is O=C(O)C(=O)c1ccc(N2CCCCC2)cc1. The van der Waals surface area contributed by atoms with Crippen molar-refractivity contribution in [1.29, 1.82) is 0 Å². The molecule has 0 aliphatic carbocycles. The third kappa shape index (κ3) is 2.64. The first-order chi connectivity index (χ1) is 8.18. The summed E-state index contributed by atoms with van der Waals surface area (Å²) < 4.78 is 0. The average Bonchev–Trinajstić information content (AvgIpc) is 2.39. The maximum absolute atomic E-state index is 11.2. The second kappa shape index (κ2) is 4.99. The van der Waals surface area contributed by atoms with Crippen molar-refractivity contribution in [3.8, 4) is 0 Å². The van der Waals surface area contributed by atoms with Crippen LogP contribution in [0.1, 0.15) is 29.6 Å². The van der Waals surface area contributed by atoms with E-state index in [1.165, 1.54) is 19.3 Å². The number of benzene rings is 1. The van der Waals surface area contributed by atoms with E-state index in [2.05, 4.69) is 4.90 Å². The number of carboxylic acids is 1. The Morgan fingerprint density at radius 3 is 2.12 bits per heavy atom. The molecule has 0 amide bonds. The van der Waals surface area contributed by atoms with Gasteiger partial charge in [0.25, 0.3) is 5.78 Å². The number of nitrogens with zero attached hydrogens (tertiary/aromatic N) is 1. The number of hydrogen-bond donors (Lipinski definition) is 1. The molecule has 1 aromatic rings. The second-order valence-corrected chi connectivity index (χ2v) is 4.23. The molecule has 0 aromatic heterocycles. The van der Waals surface area contributed by atoms with Crippen molar-refractivity contribution >= 4 is 17.4 Å². The maximum Gasteiger partial charge on any atom is 0.377 e. The fourth-order valence-corrected chi connectivity index (χ4v) is 2.10. The van der Waals surface area contributed by atoms with Crippen molar-refractivity contribution in [3.63, 3.8) is 0 Å². The van der Waals surface area contributed by atoms with Gasteiger partial charge in [0.15, 0.2) is 0 Å². The topological polar surface area (TPSA) is 57.6 Å². The minimum Gasteiger partial charge on any atom is -0.475 e. The Labute approximate surface area is 99.9 Å². The van der Waals surface area contributed by atoms with Crippen LogP contribution in [-0.2, 0) is 4.79 Å². The Hall–Kier alpha value is -1.84. The largest absolute Gasteiger partial charge is 0.475 e. The van der Waals surface area contributed by atoms with Crippen LogP contribution in [0.3, 0.4) is 0 Å². The summed E-state index contributed by atoms with van der Waals surface area (Å²) in [6, 6.07) is 6.81. The van der Waals surface area contributed by atoms with Gasteiger partial charge in [0.05, 0.1) is 0 Å². The second-order valence-electron chi connectivity index (χ2n) is 4.23. The molecule has 17 heavy (non-hydrogen) atoms. The molecule has 0 radical (unpaired) electrons. The highest BCUT2D eigenvalue weighted by atomic mass is 16.4. The first-order valence-electron chi connectivity index (χ1n) is 5.81. The van der Waals surface area contributed by atoms with Gasteiger partial charge in [-0.15, -0.1) is 0 Å². The molecule has 0 spiro atoms. The van der Waals surface area contributed by atoms with E-state index in [0.717, 1.165) is 18.8 Å². The summed E-state index contributed by atoms with van der Waals surface area (Å²) >= 11 is 0. The molecule has 4 heteroatoms. The number of hydrogen-bond acceptors (Lipinski definition) is 3. The van der Waals surface area contributed by atoms with E-state index in [9.17, 15) is 9.59 Å². The lowest BCUT2D eigenvalue weighted by Crippen LogP contribution is -2.29. The number of rotatable bonds is 3. The Morgan fingerprint density at radius 1 is 1.00 bits per heavy atom. The third-order valence-corrected chi connectivity index (χ3v) is 3.04. The Bertz CT molecular complexity index is 419. The normalized spacial score (nSPS) is 15.6. The van der Waals surface area contributed by atoms with Gasteiger partial charge in [0, 0.05) is 24.3 Å². The summed E-state index contributed by atoms with van der Waals surface area (Å²) in [5, 5.41) is 8.59. The van der Waals surface area contributed by atoms with Crippen LogP contribution in [-0.4, -0.2) is 29.9 Å². The molecule has 1 aliphatic heterocycles. The molecule has 1 saturated heterocycles. The number of carbonyl (C=O) groups is 2. The highest BCUT2D eigenvalue weighted by Crippen LogP contribution is 2.20. The van der Waals surface area contributed by atoms with E-state index in [4.69, 9.17) is 5.11 Å². The van der Waals surface area contributed by atoms with E-state index >= 15 is 0 Å². The zero-order valence-corrected chi connectivity index (χ0v) is 9.56. The van der Waals surface area contributed by atoms with Gasteiger partial charge in [-0.05, 0) is 43.5 Å². The van der Waals surface area contributed by atoms with Crippen molar-refractivity contribution in [2.75, 3.05) is 18.0 Å². The highest BCUT2D eigenvalue weighted by molar-refractivity contribution is 6.39. The van der Waals surface area contributed by atoms with Gasteiger partial charge in [0.1, 0.15) is 0 Å². The molecular weight excluding hydrogens is 218 g/mol. The summed E-state index contributed by atoms with van der Waals surface area (Å²) in [4.78, 5) is 24.0. The average molecular weight is 233 g/mol. The Balaban J connectivity index is 2.12. The molecular formula is C13H15NO3. The standard InChI is InChI=1S/C13H15NO3/c15-12(13(16)17)10-4-6-11(7-5-10)14-8-2-1-3-9-14/h4-7H,1-3,8-9H2,(H,16,17). The number of carbonyl (C=O) groups excluding carboxylic acids is 1. The number of carboxylic acid groups (broad SMARTS) is 1. The maximum atomic E-state index is 11.2. The van der Waals surface area contributed by atoms with Gasteiger partial charge in [-0.2, -0.15) is 0 Å². The zero-order chi connectivity index (χ0) is 12.3. The summed E-state index contributed by atoms with van der Waals surface area (Å²) in [6.45, 7) is 2.07. The predicted octanol–water partition coefficient (Wildman–Crippen LogP) is 1.94. The monoisotopic (exact) mass is 233 g/mol. The minimum atomic E-state index is -1.41. The third-order valence-electron chi connectivity index (χ3n) is 3.04. The van der Waals surface area contributed by atoms with Crippen molar-refractivity contribution in [1.82, 2.24) is 0 Å². The van der Waals surface area contributed by atoms with Crippen LogP contribution in [0, 0.1) is 0 Å². The van der Waals surface area contributed by atoms with Crippen molar-refractivity contribution < 1.29 is 14.7 Å². The minimum absolute atomic E-state index is 0.234.